The number of hydrogen-bond donors (Lipinski definition) is 10. The maximum Gasteiger partial charge on any atom is 0.394 e. The average molecular weight is 585 g/mol. The van der Waals surface area contributed by atoms with Crippen molar-refractivity contribution in [2.75, 3.05) is 13.1 Å². The zero-order valence-corrected chi connectivity index (χ0v) is 23.9. The summed E-state index contributed by atoms with van der Waals surface area (Å²) >= 11 is 0. The molecule has 0 heterocycles. The molecule has 38 heavy (non-hydrogen) atoms. The van der Waals surface area contributed by atoms with Gasteiger partial charge in [-0.1, -0.05) is 0 Å². The maximum atomic E-state index is 9.85. The van der Waals surface area contributed by atoms with Gasteiger partial charge in [-0.3, -0.25) is 9.11 Å². The van der Waals surface area contributed by atoms with E-state index in [0.717, 1.165) is 0 Å². The van der Waals surface area contributed by atoms with Crippen molar-refractivity contribution in [1.29, 1.82) is 0 Å². The van der Waals surface area contributed by atoms with Gasteiger partial charge in [0.15, 0.2) is 0 Å². The van der Waals surface area contributed by atoms with Crippen molar-refractivity contribution >= 4 is 22.8 Å². The number of rotatable bonds is 6. The normalized spacial score (nSPS) is 13.1. The van der Waals surface area contributed by atoms with Crippen LogP contribution >= 0.6 is 12.4 Å². The summed E-state index contributed by atoms with van der Waals surface area (Å²) in [4.78, 5) is 0. The van der Waals surface area contributed by atoms with Gasteiger partial charge in [0.05, 0.1) is 12.2 Å². The van der Waals surface area contributed by atoms with Gasteiger partial charge in [0.2, 0.25) is 0 Å². The van der Waals surface area contributed by atoms with Crippen molar-refractivity contribution in [3.63, 3.8) is 0 Å². The van der Waals surface area contributed by atoms with E-state index in [-0.39, 0.29) is 46.5 Å². The average Bonchev–Trinajstić information content (AvgIpc) is 2.67. The number of aliphatic hydroxyl groups excluding tert-OH is 2. The summed E-state index contributed by atoms with van der Waals surface area (Å²) in [6.07, 6.45) is -1.51. The molecule has 10 N–H and O–H groups in total. The Bertz CT molecular complexity index is 967. The van der Waals surface area contributed by atoms with Gasteiger partial charge in [-0.05, 0) is 76.9 Å². The fraction of sp³-hybridized carbons (Fsp3) is 0.500. The van der Waals surface area contributed by atoms with Gasteiger partial charge in [0.25, 0.3) is 0 Å². The molecular weight excluding hydrogens is 544 g/mol. The molecule has 0 fully saturated rings. The Morgan fingerprint density at radius 3 is 1.03 bits per heavy atom. The molecule has 2 unspecified atom stereocenters. The highest BCUT2D eigenvalue weighted by Crippen LogP contribution is 2.25. The zero-order chi connectivity index (χ0) is 29.2. The minimum atomic E-state index is -4.67. The second-order valence-electron chi connectivity index (χ2n) is 10.3. The van der Waals surface area contributed by atoms with Crippen LogP contribution in [0.2, 0.25) is 0 Å². The van der Waals surface area contributed by atoms with Crippen LogP contribution in [0, 0.1) is 0 Å². The number of phenols is 4. The van der Waals surface area contributed by atoms with Crippen LogP contribution in [0.3, 0.4) is 0 Å². The van der Waals surface area contributed by atoms with Crippen LogP contribution in [0.15, 0.2) is 36.4 Å². The highest BCUT2D eigenvalue weighted by Gasteiger charge is 2.15. The molecule has 0 saturated heterocycles. The largest absolute Gasteiger partial charge is 0.508 e. The molecule has 0 amide bonds. The number of nitrogens with one attached hydrogen (secondary N) is 2. The van der Waals surface area contributed by atoms with Crippen LogP contribution in [-0.4, -0.2) is 72.3 Å². The monoisotopic (exact) mass is 584 g/mol. The fourth-order valence-corrected chi connectivity index (χ4v) is 2.66. The van der Waals surface area contributed by atoms with E-state index in [9.17, 15) is 30.6 Å². The Morgan fingerprint density at radius 1 is 0.632 bits per heavy atom. The van der Waals surface area contributed by atoms with Gasteiger partial charge in [-0.15, -0.1) is 12.4 Å². The first-order chi connectivity index (χ1) is 16.6. The quantitative estimate of drug-likeness (QED) is 0.221. The number of β-amino-alcohol motifs (C(OH)–C–C–N with tert-alkyl or cyclic N) is 2. The molecule has 0 radical (unpaired) electrons. The van der Waals surface area contributed by atoms with Crippen molar-refractivity contribution in [1.82, 2.24) is 10.6 Å². The van der Waals surface area contributed by atoms with Gasteiger partial charge in [-0.25, -0.2) is 0 Å². The SMILES string of the molecule is CC(C)(C)NCC(O)c1cc(O)cc(O)c1.CC(C)(C)NCC(O)c1cc(O)cc(O)c1.Cl.O=S(=O)(O)O. The molecule has 14 heteroatoms. The van der Waals surface area contributed by atoms with Crippen LogP contribution in [0.25, 0.3) is 0 Å². The summed E-state index contributed by atoms with van der Waals surface area (Å²) in [6.45, 7) is 12.7. The van der Waals surface area contributed by atoms with Gasteiger partial charge in [0, 0.05) is 36.3 Å². The standard InChI is InChI=1S/2C12H19NO3.ClH.H2O4S/c2*1-12(2,3)13-7-11(16)8-4-9(14)6-10(15)5-8;;1-5(2,3)4/h2*4-6,11,13-16H,7H2,1-3H3;1H;(H2,1,2,3,4). The predicted octanol–water partition coefficient (Wildman–Crippen LogP) is 2.81. The van der Waals surface area contributed by atoms with Crippen molar-refractivity contribution in [3.05, 3.63) is 47.5 Å². The lowest BCUT2D eigenvalue weighted by Gasteiger charge is -2.23. The highest BCUT2D eigenvalue weighted by molar-refractivity contribution is 7.79. The van der Waals surface area contributed by atoms with Crippen molar-refractivity contribution < 1.29 is 48.2 Å². The molecule has 12 nitrogen and oxygen atoms in total. The lowest BCUT2D eigenvalue weighted by Crippen LogP contribution is -2.38. The van der Waals surface area contributed by atoms with Gasteiger partial charge in [0.1, 0.15) is 23.0 Å². The Labute approximate surface area is 230 Å². The van der Waals surface area contributed by atoms with Crippen molar-refractivity contribution in [2.24, 2.45) is 0 Å². The molecule has 0 bridgehead atoms. The zero-order valence-electron chi connectivity index (χ0n) is 22.2. The predicted molar refractivity (Wildman–Crippen MR) is 146 cm³/mol. The molecule has 2 rings (SSSR count). The maximum absolute atomic E-state index is 9.85. The summed E-state index contributed by atoms with van der Waals surface area (Å²) in [6, 6.07) is 8.22. The van der Waals surface area contributed by atoms with E-state index in [4.69, 9.17) is 17.5 Å². The van der Waals surface area contributed by atoms with Crippen LogP contribution in [0.5, 0.6) is 23.0 Å². The first-order valence-corrected chi connectivity index (χ1v) is 12.6. The number of phenolic OH excluding ortho intramolecular Hbond substituents is 4. The number of benzene rings is 2. The number of hydrogen-bond acceptors (Lipinski definition) is 10. The van der Waals surface area contributed by atoms with Crippen LogP contribution < -0.4 is 10.6 Å². The number of aliphatic hydroxyl groups is 2. The molecule has 2 aromatic rings. The molecule has 0 aromatic heterocycles. The minimum Gasteiger partial charge on any atom is -0.508 e. The summed E-state index contributed by atoms with van der Waals surface area (Å²) < 4.78 is 31.6. The van der Waals surface area contributed by atoms with Crippen LogP contribution in [0.4, 0.5) is 0 Å². The van der Waals surface area contributed by atoms with Crippen molar-refractivity contribution in [2.45, 2.75) is 64.8 Å². The lowest BCUT2D eigenvalue weighted by molar-refractivity contribution is 0.162. The first-order valence-electron chi connectivity index (χ1n) is 11.2. The molecule has 0 aliphatic rings. The third-order valence-electron chi connectivity index (χ3n) is 4.27. The van der Waals surface area contributed by atoms with Crippen molar-refractivity contribution in [3.8, 4) is 23.0 Å². The first kappa shape index (κ1) is 37.8. The summed E-state index contributed by atoms with van der Waals surface area (Å²) in [5, 5.41) is 63.1. The Balaban J connectivity index is 0. The summed E-state index contributed by atoms with van der Waals surface area (Å²) in [7, 11) is -4.67. The molecule has 0 saturated carbocycles. The second kappa shape index (κ2) is 15.9. The Kier molecular flexibility index (Phi) is 15.8. The number of halogens is 1. The molecule has 0 spiro atoms. The van der Waals surface area contributed by atoms with E-state index >= 15 is 0 Å². The molecule has 0 aliphatic carbocycles. The van der Waals surface area contributed by atoms with Crippen LogP contribution in [-0.2, 0) is 10.4 Å². The highest BCUT2D eigenvalue weighted by atomic mass is 35.5. The van der Waals surface area contributed by atoms with E-state index in [1.165, 1.54) is 36.4 Å². The van der Waals surface area contributed by atoms with E-state index in [1.54, 1.807) is 0 Å². The van der Waals surface area contributed by atoms with Gasteiger partial charge < -0.3 is 41.3 Å². The fourth-order valence-electron chi connectivity index (χ4n) is 2.66. The molecule has 2 atom stereocenters. The molecule has 0 aliphatic heterocycles. The summed E-state index contributed by atoms with van der Waals surface area (Å²) in [5.41, 5.74) is 0.822. The minimum absolute atomic E-state index is 0. The summed E-state index contributed by atoms with van der Waals surface area (Å²) in [5.74, 6) is -0.204. The molecule has 220 valence electrons. The molecular formula is C24H41ClN2O10S. The van der Waals surface area contributed by atoms with Gasteiger partial charge >= 0.3 is 10.4 Å². The Hall–Kier alpha value is -2.36. The second-order valence-corrected chi connectivity index (χ2v) is 11.2. The van der Waals surface area contributed by atoms with E-state index in [0.29, 0.717) is 24.2 Å². The lowest BCUT2D eigenvalue weighted by atomic mass is 10.1. The van der Waals surface area contributed by atoms with E-state index < -0.39 is 22.6 Å². The topological polar surface area (TPSA) is 220 Å². The Morgan fingerprint density at radius 2 is 0.842 bits per heavy atom. The van der Waals surface area contributed by atoms with Gasteiger partial charge in [-0.2, -0.15) is 8.42 Å². The van der Waals surface area contributed by atoms with E-state index in [1.807, 2.05) is 41.5 Å². The smallest absolute Gasteiger partial charge is 0.394 e. The molecule has 2 aromatic carbocycles. The third kappa shape index (κ3) is 20.7. The van der Waals surface area contributed by atoms with E-state index in [2.05, 4.69) is 10.6 Å². The number of aromatic hydroxyl groups is 4. The third-order valence-corrected chi connectivity index (χ3v) is 4.27. The van der Waals surface area contributed by atoms with Crippen LogP contribution in [0.1, 0.15) is 64.9 Å².